The van der Waals surface area contributed by atoms with E-state index in [-0.39, 0.29) is 5.56 Å². The van der Waals surface area contributed by atoms with Crippen LogP contribution < -0.4 is 0 Å². The Morgan fingerprint density at radius 1 is 1.73 bits per heavy atom. The third-order valence-corrected chi connectivity index (χ3v) is 2.45. The van der Waals surface area contributed by atoms with Gasteiger partial charge in [-0.25, -0.2) is 9.48 Å². The summed E-state index contributed by atoms with van der Waals surface area (Å²) in [4.78, 5) is 10.7. The van der Waals surface area contributed by atoms with Crippen LogP contribution in [0, 0.1) is 12.8 Å². The highest BCUT2D eigenvalue weighted by Gasteiger charge is 2.21. The second kappa shape index (κ2) is 4.02. The molecule has 1 aromatic heterocycles. The molecule has 1 aromatic rings. The van der Waals surface area contributed by atoms with E-state index in [1.54, 1.807) is 6.92 Å². The van der Waals surface area contributed by atoms with Gasteiger partial charge in [0, 0.05) is 6.20 Å². The fourth-order valence-electron chi connectivity index (χ4n) is 1.39. The molecule has 1 saturated carbocycles. The van der Waals surface area contributed by atoms with Gasteiger partial charge in [-0.2, -0.15) is 5.10 Å². The van der Waals surface area contributed by atoms with E-state index in [0.29, 0.717) is 18.3 Å². The van der Waals surface area contributed by atoms with Crippen molar-refractivity contribution in [3.8, 4) is 0 Å². The van der Waals surface area contributed by atoms with Gasteiger partial charge in [0.1, 0.15) is 12.3 Å². The molecule has 0 atom stereocenters. The van der Waals surface area contributed by atoms with E-state index in [2.05, 4.69) is 5.10 Å². The second-order valence-corrected chi connectivity index (χ2v) is 3.92. The maximum Gasteiger partial charge on any atom is 0.339 e. The number of aryl methyl sites for hydroxylation is 1. The Morgan fingerprint density at radius 2 is 2.47 bits per heavy atom. The minimum absolute atomic E-state index is 0.241. The topological polar surface area (TPSA) is 64.4 Å². The smallest absolute Gasteiger partial charge is 0.339 e. The Bertz CT molecular complexity index is 369. The first-order valence-corrected chi connectivity index (χ1v) is 5.02. The molecule has 0 radical (unpaired) electrons. The number of carboxylic acid groups (broad SMARTS) is 1. The highest BCUT2D eigenvalue weighted by molar-refractivity contribution is 5.88. The van der Waals surface area contributed by atoms with Crippen molar-refractivity contribution in [1.82, 2.24) is 9.78 Å². The highest BCUT2D eigenvalue weighted by Crippen LogP contribution is 2.28. The second-order valence-electron chi connectivity index (χ2n) is 3.92. The lowest BCUT2D eigenvalue weighted by Gasteiger charge is -2.01. The van der Waals surface area contributed by atoms with E-state index >= 15 is 0 Å². The van der Waals surface area contributed by atoms with Gasteiger partial charge in [0.25, 0.3) is 0 Å². The van der Waals surface area contributed by atoms with Crippen molar-refractivity contribution in [2.45, 2.75) is 26.5 Å². The number of aromatic carboxylic acids is 1. The molecule has 82 valence electrons. The van der Waals surface area contributed by atoms with Crippen LogP contribution in [0.15, 0.2) is 6.20 Å². The van der Waals surface area contributed by atoms with Crippen molar-refractivity contribution in [3.63, 3.8) is 0 Å². The van der Waals surface area contributed by atoms with Crippen LogP contribution in [0.25, 0.3) is 0 Å². The van der Waals surface area contributed by atoms with E-state index in [1.807, 2.05) is 0 Å². The Kier molecular flexibility index (Phi) is 2.73. The molecule has 0 saturated heterocycles. The molecule has 0 aliphatic heterocycles. The number of aromatic nitrogens is 2. The molecular formula is C10H14N2O3. The van der Waals surface area contributed by atoms with Crippen LogP contribution in [0.1, 0.15) is 28.9 Å². The summed E-state index contributed by atoms with van der Waals surface area (Å²) >= 11 is 0. The minimum Gasteiger partial charge on any atom is -0.478 e. The summed E-state index contributed by atoms with van der Waals surface area (Å²) in [5.74, 6) is -0.235. The van der Waals surface area contributed by atoms with Crippen LogP contribution in [0.3, 0.4) is 0 Å². The van der Waals surface area contributed by atoms with Gasteiger partial charge < -0.3 is 9.84 Å². The molecule has 0 unspecified atom stereocenters. The lowest BCUT2D eigenvalue weighted by molar-refractivity contribution is 0.0607. The van der Waals surface area contributed by atoms with Crippen LogP contribution >= 0.6 is 0 Å². The summed E-state index contributed by atoms with van der Waals surface area (Å²) in [6, 6.07) is 0. The van der Waals surface area contributed by atoms with Crippen molar-refractivity contribution in [3.05, 3.63) is 17.5 Å². The van der Waals surface area contributed by atoms with Gasteiger partial charge in [-0.1, -0.05) is 0 Å². The molecule has 1 aliphatic carbocycles. The van der Waals surface area contributed by atoms with Crippen LogP contribution in [0.5, 0.6) is 0 Å². The van der Waals surface area contributed by atoms with Crippen LogP contribution in [0.4, 0.5) is 0 Å². The summed E-state index contributed by atoms with van der Waals surface area (Å²) in [6.45, 7) is 2.77. The predicted octanol–water partition coefficient (Wildman–Crippen LogP) is 1.27. The normalized spacial score (nSPS) is 15.5. The maximum atomic E-state index is 10.7. The van der Waals surface area contributed by atoms with E-state index in [0.717, 1.165) is 6.61 Å². The van der Waals surface area contributed by atoms with Crippen molar-refractivity contribution < 1.29 is 14.6 Å². The molecule has 1 N–H and O–H groups in total. The summed E-state index contributed by atoms with van der Waals surface area (Å²) in [7, 11) is 0. The number of carboxylic acids is 1. The number of rotatable bonds is 5. The number of nitrogens with zero attached hydrogens (tertiary/aromatic N) is 2. The van der Waals surface area contributed by atoms with E-state index in [4.69, 9.17) is 9.84 Å². The highest BCUT2D eigenvalue weighted by atomic mass is 16.5. The minimum atomic E-state index is -0.944. The SMILES string of the molecule is Cc1nn(COCC2CC2)cc1C(=O)O. The zero-order valence-electron chi connectivity index (χ0n) is 8.64. The molecule has 5 heteroatoms. The molecule has 5 nitrogen and oxygen atoms in total. The van der Waals surface area contributed by atoms with Gasteiger partial charge in [-0.05, 0) is 25.7 Å². The standard InChI is InChI=1S/C10H14N2O3/c1-7-9(10(13)14)4-12(11-7)6-15-5-8-2-3-8/h4,8H,2-3,5-6H2,1H3,(H,13,14). The van der Waals surface area contributed by atoms with Gasteiger partial charge >= 0.3 is 5.97 Å². The average molecular weight is 210 g/mol. The Morgan fingerprint density at radius 3 is 3.00 bits per heavy atom. The van der Waals surface area contributed by atoms with Crippen LogP contribution in [-0.4, -0.2) is 27.5 Å². The van der Waals surface area contributed by atoms with Gasteiger partial charge in [-0.15, -0.1) is 0 Å². The van der Waals surface area contributed by atoms with Crippen LogP contribution in [-0.2, 0) is 11.5 Å². The lowest BCUT2D eigenvalue weighted by atomic mass is 10.3. The molecule has 15 heavy (non-hydrogen) atoms. The van der Waals surface area contributed by atoms with Gasteiger partial charge in [0.2, 0.25) is 0 Å². The Hall–Kier alpha value is -1.36. The molecule has 0 bridgehead atoms. The van der Waals surface area contributed by atoms with Crippen molar-refractivity contribution in [2.24, 2.45) is 5.92 Å². The van der Waals surface area contributed by atoms with E-state index < -0.39 is 5.97 Å². The summed E-state index contributed by atoms with van der Waals surface area (Å²) < 4.78 is 6.93. The quantitative estimate of drug-likeness (QED) is 0.795. The molecule has 0 aromatic carbocycles. The van der Waals surface area contributed by atoms with Crippen molar-refractivity contribution >= 4 is 5.97 Å². The van der Waals surface area contributed by atoms with Crippen molar-refractivity contribution in [2.75, 3.05) is 6.61 Å². The first kappa shape index (κ1) is 10.2. The summed E-state index contributed by atoms with van der Waals surface area (Å²) in [5.41, 5.74) is 0.766. The Labute approximate surface area is 87.7 Å². The zero-order valence-corrected chi connectivity index (χ0v) is 8.64. The Balaban J connectivity index is 1.89. The number of ether oxygens (including phenoxy) is 1. The molecular weight excluding hydrogens is 196 g/mol. The number of hydrogen-bond donors (Lipinski definition) is 1. The third-order valence-electron chi connectivity index (χ3n) is 2.45. The first-order chi connectivity index (χ1) is 7.16. The molecule has 1 heterocycles. The molecule has 2 rings (SSSR count). The summed E-state index contributed by atoms with van der Waals surface area (Å²) in [5, 5.41) is 12.9. The average Bonchev–Trinajstić information content (AvgIpc) is 2.90. The number of hydrogen-bond acceptors (Lipinski definition) is 3. The van der Waals surface area contributed by atoms with Gasteiger partial charge in [0.15, 0.2) is 0 Å². The maximum absolute atomic E-state index is 10.7. The van der Waals surface area contributed by atoms with Gasteiger partial charge in [0.05, 0.1) is 12.3 Å². The lowest BCUT2D eigenvalue weighted by Crippen LogP contribution is -2.05. The molecule has 1 fully saturated rings. The van der Waals surface area contributed by atoms with Crippen molar-refractivity contribution in [1.29, 1.82) is 0 Å². The summed E-state index contributed by atoms with van der Waals surface area (Å²) in [6.07, 6.45) is 4.00. The monoisotopic (exact) mass is 210 g/mol. The van der Waals surface area contributed by atoms with E-state index in [1.165, 1.54) is 23.7 Å². The zero-order chi connectivity index (χ0) is 10.8. The first-order valence-electron chi connectivity index (χ1n) is 5.02. The van der Waals surface area contributed by atoms with Crippen LogP contribution in [0.2, 0.25) is 0 Å². The van der Waals surface area contributed by atoms with E-state index in [9.17, 15) is 4.79 Å². The molecule has 0 amide bonds. The predicted molar refractivity (Wildman–Crippen MR) is 52.6 cm³/mol. The largest absolute Gasteiger partial charge is 0.478 e. The van der Waals surface area contributed by atoms with Gasteiger partial charge in [-0.3, -0.25) is 0 Å². The molecule has 0 spiro atoms. The molecule has 1 aliphatic rings. The fourth-order valence-corrected chi connectivity index (χ4v) is 1.39. The third kappa shape index (κ3) is 2.56. The fraction of sp³-hybridized carbons (Fsp3) is 0.600. The number of carbonyl (C=O) groups is 1.